The van der Waals surface area contributed by atoms with Crippen LogP contribution in [0.4, 0.5) is 0 Å². The number of rotatable bonds is 14. The first-order valence-electron chi connectivity index (χ1n) is 8.40. The second-order valence-electron chi connectivity index (χ2n) is 6.52. The SMILES string of the molecule is CCCCCCCCCCCCC(C)(CS(=O)(=O)O)C(=O)O. The zero-order valence-corrected chi connectivity index (χ0v) is 14.8. The molecule has 1 atom stereocenters. The smallest absolute Gasteiger partial charge is 0.310 e. The molecule has 0 saturated carbocycles. The van der Waals surface area contributed by atoms with Crippen LogP contribution in [0.25, 0.3) is 0 Å². The lowest BCUT2D eigenvalue weighted by Crippen LogP contribution is -2.35. The van der Waals surface area contributed by atoms with Gasteiger partial charge in [0.25, 0.3) is 10.1 Å². The van der Waals surface area contributed by atoms with Crippen molar-refractivity contribution in [3.8, 4) is 0 Å². The van der Waals surface area contributed by atoms with Crippen LogP contribution in [-0.2, 0) is 14.9 Å². The molecule has 0 bridgehead atoms. The van der Waals surface area contributed by atoms with E-state index in [1.54, 1.807) is 0 Å². The number of hydrogen-bond donors (Lipinski definition) is 2. The minimum atomic E-state index is -4.27. The Bertz CT molecular complexity index is 405. The third-order valence-electron chi connectivity index (χ3n) is 4.10. The monoisotopic (exact) mass is 336 g/mol. The first-order valence-corrected chi connectivity index (χ1v) is 10.0. The lowest BCUT2D eigenvalue weighted by atomic mass is 9.86. The second-order valence-corrected chi connectivity index (χ2v) is 7.98. The maximum Gasteiger partial charge on any atom is 0.310 e. The van der Waals surface area contributed by atoms with Crippen LogP contribution >= 0.6 is 0 Å². The van der Waals surface area contributed by atoms with Crippen molar-refractivity contribution >= 4 is 16.1 Å². The number of carboxylic acids is 1. The van der Waals surface area contributed by atoms with Gasteiger partial charge in [-0.05, 0) is 13.3 Å². The standard InChI is InChI=1S/C16H32O5S/c1-3-4-5-6-7-8-9-10-11-12-13-16(2,15(17)18)14-22(19,20)21/h3-14H2,1-2H3,(H,17,18)(H,19,20,21). The van der Waals surface area contributed by atoms with Gasteiger partial charge >= 0.3 is 5.97 Å². The van der Waals surface area contributed by atoms with E-state index < -0.39 is 27.3 Å². The van der Waals surface area contributed by atoms with Crippen molar-refractivity contribution in [1.29, 1.82) is 0 Å². The topological polar surface area (TPSA) is 91.7 Å². The number of carboxylic acid groups (broad SMARTS) is 1. The van der Waals surface area contributed by atoms with Crippen LogP contribution in [-0.4, -0.2) is 29.8 Å². The molecule has 0 fully saturated rings. The van der Waals surface area contributed by atoms with Crippen molar-refractivity contribution < 1.29 is 22.9 Å². The maximum atomic E-state index is 11.2. The summed E-state index contributed by atoms with van der Waals surface area (Å²) < 4.78 is 30.7. The van der Waals surface area contributed by atoms with Gasteiger partial charge in [-0.25, -0.2) is 0 Å². The van der Waals surface area contributed by atoms with E-state index in [1.807, 2.05) is 0 Å². The third-order valence-corrected chi connectivity index (χ3v) is 5.10. The second kappa shape index (κ2) is 11.0. The molecule has 0 aromatic rings. The summed E-state index contributed by atoms with van der Waals surface area (Å²) >= 11 is 0. The Labute approximate surface area is 135 Å². The van der Waals surface area contributed by atoms with E-state index in [0.717, 1.165) is 19.3 Å². The van der Waals surface area contributed by atoms with E-state index in [1.165, 1.54) is 45.4 Å². The van der Waals surface area contributed by atoms with Crippen LogP contribution in [0.15, 0.2) is 0 Å². The molecule has 0 aliphatic heterocycles. The Morgan fingerprint density at radius 3 is 1.68 bits per heavy atom. The highest BCUT2D eigenvalue weighted by Crippen LogP contribution is 2.27. The molecule has 0 aliphatic carbocycles. The molecule has 0 rings (SSSR count). The highest BCUT2D eigenvalue weighted by Gasteiger charge is 2.37. The Hall–Kier alpha value is -0.620. The Kier molecular flexibility index (Phi) is 10.7. The predicted octanol–water partition coefficient (Wildman–Crippen LogP) is 4.28. The lowest BCUT2D eigenvalue weighted by Gasteiger charge is -2.22. The van der Waals surface area contributed by atoms with E-state index in [-0.39, 0.29) is 6.42 Å². The summed E-state index contributed by atoms with van der Waals surface area (Å²) in [6, 6.07) is 0. The normalized spacial score (nSPS) is 14.7. The van der Waals surface area contributed by atoms with Gasteiger partial charge in [-0.15, -0.1) is 0 Å². The third kappa shape index (κ3) is 11.0. The molecule has 2 N–H and O–H groups in total. The van der Waals surface area contributed by atoms with Gasteiger partial charge in [-0.2, -0.15) is 8.42 Å². The van der Waals surface area contributed by atoms with Gasteiger partial charge in [0.2, 0.25) is 0 Å². The molecular weight excluding hydrogens is 304 g/mol. The Balaban J connectivity index is 3.81. The van der Waals surface area contributed by atoms with Gasteiger partial charge < -0.3 is 5.11 Å². The van der Waals surface area contributed by atoms with Crippen LogP contribution in [0.5, 0.6) is 0 Å². The van der Waals surface area contributed by atoms with Crippen molar-refractivity contribution in [2.45, 2.75) is 84.5 Å². The van der Waals surface area contributed by atoms with Gasteiger partial charge in [0.1, 0.15) is 0 Å². The molecule has 6 heteroatoms. The average Bonchev–Trinajstić information content (AvgIpc) is 2.38. The van der Waals surface area contributed by atoms with E-state index in [4.69, 9.17) is 9.66 Å². The summed E-state index contributed by atoms with van der Waals surface area (Å²) in [6.07, 6.45) is 11.7. The molecule has 132 valence electrons. The molecule has 0 aromatic heterocycles. The van der Waals surface area contributed by atoms with Gasteiger partial charge in [-0.1, -0.05) is 71.1 Å². The molecule has 22 heavy (non-hydrogen) atoms. The minimum Gasteiger partial charge on any atom is -0.481 e. The van der Waals surface area contributed by atoms with Crippen molar-refractivity contribution in [3.05, 3.63) is 0 Å². The summed E-state index contributed by atoms with van der Waals surface area (Å²) in [4.78, 5) is 11.2. The van der Waals surface area contributed by atoms with Crippen LogP contribution in [0.3, 0.4) is 0 Å². The molecule has 0 spiro atoms. The van der Waals surface area contributed by atoms with E-state index in [2.05, 4.69) is 6.92 Å². The Morgan fingerprint density at radius 1 is 0.909 bits per heavy atom. The minimum absolute atomic E-state index is 0.276. The molecule has 0 heterocycles. The first-order chi connectivity index (χ1) is 10.2. The van der Waals surface area contributed by atoms with E-state index in [0.29, 0.717) is 6.42 Å². The zero-order valence-electron chi connectivity index (χ0n) is 14.0. The number of unbranched alkanes of at least 4 members (excludes halogenated alkanes) is 9. The molecule has 0 aliphatic rings. The number of carbonyl (C=O) groups is 1. The number of aliphatic carboxylic acids is 1. The van der Waals surface area contributed by atoms with Crippen LogP contribution in [0, 0.1) is 5.41 Å². The molecule has 1 unspecified atom stereocenters. The van der Waals surface area contributed by atoms with Crippen molar-refractivity contribution in [3.63, 3.8) is 0 Å². The fourth-order valence-corrected chi connectivity index (χ4v) is 3.72. The van der Waals surface area contributed by atoms with Crippen molar-refractivity contribution in [1.82, 2.24) is 0 Å². The highest BCUT2D eigenvalue weighted by molar-refractivity contribution is 7.85. The van der Waals surface area contributed by atoms with Crippen LogP contribution in [0.2, 0.25) is 0 Å². The van der Waals surface area contributed by atoms with Gasteiger partial charge in [0.05, 0.1) is 11.2 Å². The fourth-order valence-electron chi connectivity index (χ4n) is 2.65. The first kappa shape index (κ1) is 21.4. The van der Waals surface area contributed by atoms with Gasteiger partial charge in [-0.3, -0.25) is 9.35 Å². The Morgan fingerprint density at radius 2 is 1.32 bits per heavy atom. The zero-order chi connectivity index (χ0) is 17.1. The summed E-state index contributed by atoms with van der Waals surface area (Å²) in [7, 11) is -4.27. The van der Waals surface area contributed by atoms with Crippen molar-refractivity contribution in [2.75, 3.05) is 5.75 Å². The summed E-state index contributed by atoms with van der Waals surface area (Å²) in [5.41, 5.74) is -1.40. The quantitative estimate of drug-likeness (QED) is 0.365. The van der Waals surface area contributed by atoms with Crippen LogP contribution in [0.1, 0.15) is 84.5 Å². The maximum absolute atomic E-state index is 11.2. The van der Waals surface area contributed by atoms with Gasteiger partial charge in [0, 0.05) is 0 Å². The molecule has 0 amide bonds. The van der Waals surface area contributed by atoms with E-state index in [9.17, 15) is 13.2 Å². The fraction of sp³-hybridized carbons (Fsp3) is 0.938. The predicted molar refractivity (Wildman–Crippen MR) is 88.6 cm³/mol. The molecular formula is C16H32O5S. The molecule has 0 saturated heterocycles. The lowest BCUT2D eigenvalue weighted by molar-refractivity contribution is -0.147. The average molecular weight is 336 g/mol. The van der Waals surface area contributed by atoms with Crippen molar-refractivity contribution in [2.24, 2.45) is 5.41 Å². The number of hydrogen-bond acceptors (Lipinski definition) is 3. The largest absolute Gasteiger partial charge is 0.481 e. The molecule has 0 radical (unpaired) electrons. The van der Waals surface area contributed by atoms with E-state index >= 15 is 0 Å². The van der Waals surface area contributed by atoms with Gasteiger partial charge in [0.15, 0.2) is 0 Å². The van der Waals surface area contributed by atoms with Crippen LogP contribution < -0.4 is 0 Å². The summed E-state index contributed by atoms with van der Waals surface area (Å²) in [5, 5.41) is 9.16. The summed E-state index contributed by atoms with van der Waals surface area (Å²) in [6.45, 7) is 3.59. The summed E-state index contributed by atoms with van der Waals surface area (Å²) in [5.74, 6) is -1.88. The molecule has 0 aromatic carbocycles. The highest BCUT2D eigenvalue weighted by atomic mass is 32.2. The molecule has 5 nitrogen and oxygen atoms in total.